The van der Waals surface area contributed by atoms with Crippen molar-refractivity contribution in [3.05, 3.63) is 23.0 Å². The highest BCUT2D eigenvalue weighted by molar-refractivity contribution is 6.06. The summed E-state index contributed by atoms with van der Waals surface area (Å²) < 4.78 is 1.76. The van der Waals surface area contributed by atoms with Crippen LogP contribution in [-0.2, 0) is 11.8 Å². The molecule has 1 atom stereocenters. The molecule has 1 aliphatic carbocycles. The lowest BCUT2D eigenvalue weighted by molar-refractivity contribution is -0.137. The molecule has 144 valence electrons. The van der Waals surface area contributed by atoms with Gasteiger partial charge in [0.1, 0.15) is 0 Å². The second kappa shape index (κ2) is 6.94. The van der Waals surface area contributed by atoms with Crippen LogP contribution in [0, 0.1) is 12.8 Å². The van der Waals surface area contributed by atoms with Crippen LogP contribution in [0.2, 0.25) is 0 Å². The number of amides is 1. The number of nitrogens with zero attached hydrogens (tertiary/aromatic N) is 4. The summed E-state index contributed by atoms with van der Waals surface area (Å²) >= 11 is 0. The number of hydrogen-bond acceptors (Lipinski definition) is 4. The first-order valence-electron chi connectivity index (χ1n) is 9.79. The molecule has 0 spiro atoms. The molecule has 3 heterocycles. The number of carboxylic acid groups (broad SMARTS) is 1. The number of fused-ring (bicyclic) bond motifs is 1. The zero-order chi connectivity index (χ0) is 19.1. The lowest BCUT2D eigenvalue weighted by atomic mass is 9.92. The third-order valence-corrected chi connectivity index (χ3v) is 5.79. The molecule has 4 rings (SSSR count). The van der Waals surface area contributed by atoms with Gasteiger partial charge in [-0.15, -0.1) is 0 Å². The Kier molecular flexibility index (Phi) is 4.61. The maximum Gasteiger partial charge on any atom is 0.303 e. The molecular weight excluding hydrogens is 344 g/mol. The SMILES string of the molecule is Cc1nn(C)c2nc(C3CC3)cc(C(=O)N3CCCC(CCC(=O)O)C3)c12. The van der Waals surface area contributed by atoms with Crippen LogP contribution in [0.3, 0.4) is 0 Å². The van der Waals surface area contributed by atoms with Gasteiger partial charge in [-0.3, -0.25) is 14.3 Å². The molecule has 2 aromatic heterocycles. The molecule has 1 saturated carbocycles. The van der Waals surface area contributed by atoms with E-state index in [1.807, 2.05) is 24.9 Å². The summed E-state index contributed by atoms with van der Waals surface area (Å²) in [4.78, 5) is 30.9. The number of rotatable bonds is 5. The van der Waals surface area contributed by atoms with E-state index < -0.39 is 5.97 Å². The van der Waals surface area contributed by atoms with Crippen molar-refractivity contribution in [2.24, 2.45) is 13.0 Å². The fourth-order valence-electron chi connectivity index (χ4n) is 4.20. The fraction of sp³-hybridized carbons (Fsp3) is 0.600. The molecule has 27 heavy (non-hydrogen) atoms. The van der Waals surface area contributed by atoms with Crippen molar-refractivity contribution < 1.29 is 14.7 Å². The minimum atomic E-state index is -0.769. The number of piperidine rings is 1. The average molecular weight is 370 g/mol. The van der Waals surface area contributed by atoms with Crippen molar-refractivity contribution in [3.63, 3.8) is 0 Å². The summed E-state index contributed by atoms with van der Waals surface area (Å²) in [5, 5.41) is 14.3. The van der Waals surface area contributed by atoms with E-state index in [-0.39, 0.29) is 18.2 Å². The van der Waals surface area contributed by atoms with Crippen molar-refractivity contribution in [1.82, 2.24) is 19.7 Å². The third kappa shape index (κ3) is 3.55. The highest BCUT2D eigenvalue weighted by atomic mass is 16.4. The summed E-state index contributed by atoms with van der Waals surface area (Å²) in [6.07, 6.45) is 4.96. The van der Waals surface area contributed by atoms with Crippen molar-refractivity contribution >= 4 is 22.9 Å². The van der Waals surface area contributed by atoms with Gasteiger partial charge in [0, 0.05) is 38.2 Å². The van der Waals surface area contributed by atoms with Crippen LogP contribution in [0.5, 0.6) is 0 Å². The largest absolute Gasteiger partial charge is 0.481 e. The van der Waals surface area contributed by atoms with E-state index in [1.165, 1.54) is 0 Å². The van der Waals surface area contributed by atoms with E-state index in [2.05, 4.69) is 5.10 Å². The summed E-state index contributed by atoms with van der Waals surface area (Å²) in [5.41, 5.74) is 3.30. The highest BCUT2D eigenvalue weighted by Crippen LogP contribution is 2.40. The quantitative estimate of drug-likeness (QED) is 0.874. The summed E-state index contributed by atoms with van der Waals surface area (Å²) in [7, 11) is 1.87. The number of likely N-dealkylation sites (tertiary alicyclic amines) is 1. The van der Waals surface area contributed by atoms with E-state index in [0.717, 1.165) is 54.6 Å². The van der Waals surface area contributed by atoms with Crippen LogP contribution in [-0.4, -0.2) is 49.7 Å². The van der Waals surface area contributed by atoms with Gasteiger partial charge in [0.15, 0.2) is 5.65 Å². The number of aryl methyl sites for hydroxylation is 2. The number of carbonyl (C=O) groups excluding carboxylic acids is 1. The Morgan fingerprint density at radius 3 is 2.78 bits per heavy atom. The van der Waals surface area contributed by atoms with Gasteiger partial charge >= 0.3 is 5.97 Å². The maximum atomic E-state index is 13.4. The smallest absolute Gasteiger partial charge is 0.303 e. The predicted octanol–water partition coefficient (Wildman–Crippen LogP) is 2.87. The third-order valence-electron chi connectivity index (χ3n) is 5.79. The monoisotopic (exact) mass is 370 g/mol. The van der Waals surface area contributed by atoms with E-state index in [9.17, 15) is 9.59 Å². The Morgan fingerprint density at radius 2 is 2.07 bits per heavy atom. The van der Waals surface area contributed by atoms with Crippen molar-refractivity contribution in [1.29, 1.82) is 0 Å². The Hall–Kier alpha value is -2.44. The Morgan fingerprint density at radius 1 is 1.30 bits per heavy atom. The molecule has 0 radical (unpaired) electrons. The van der Waals surface area contributed by atoms with E-state index in [4.69, 9.17) is 10.1 Å². The van der Waals surface area contributed by atoms with Crippen LogP contribution in [0.25, 0.3) is 11.0 Å². The topological polar surface area (TPSA) is 88.3 Å². The van der Waals surface area contributed by atoms with Crippen LogP contribution in [0.4, 0.5) is 0 Å². The highest BCUT2D eigenvalue weighted by Gasteiger charge is 2.31. The van der Waals surface area contributed by atoms with Gasteiger partial charge in [-0.25, -0.2) is 4.98 Å². The first-order valence-corrected chi connectivity index (χ1v) is 9.79. The average Bonchev–Trinajstić information content (AvgIpc) is 3.46. The zero-order valence-corrected chi connectivity index (χ0v) is 15.9. The molecule has 1 saturated heterocycles. The van der Waals surface area contributed by atoms with Gasteiger partial charge in [-0.2, -0.15) is 5.10 Å². The molecule has 1 unspecified atom stereocenters. The fourth-order valence-corrected chi connectivity index (χ4v) is 4.20. The van der Waals surface area contributed by atoms with Crippen molar-refractivity contribution in [2.75, 3.05) is 13.1 Å². The first kappa shape index (κ1) is 17.9. The summed E-state index contributed by atoms with van der Waals surface area (Å²) in [5.74, 6) is -0.0235. The van der Waals surface area contributed by atoms with E-state index >= 15 is 0 Å². The number of hydrogen-bond donors (Lipinski definition) is 1. The standard InChI is InChI=1S/C20H26N4O3/c1-12-18-15(10-16(14-6-7-14)21-19(18)23(2)22-12)20(27)24-9-3-4-13(11-24)5-8-17(25)26/h10,13-14H,3-9,11H2,1-2H3,(H,25,26). The molecular formula is C20H26N4O3. The predicted molar refractivity (Wildman–Crippen MR) is 101 cm³/mol. The van der Waals surface area contributed by atoms with Crippen LogP contribution in [0.15, 0.2) is 6.07 Å². The van der Waals surface area contributed by atoms with Crippen LogP contribution < -0.4 is 0 Å². The molecule has 7 heteroatoms. The first-order chi connectivity index (χ1) is 12.9. The second-order valence-electron chi connectivity index (χ2n) is 7.97. The van der Waals surface area contributed by atoms with Crippen LogP contribution >= 0.6 is 0 Å². The maximum absolute atomic E-state index is 13.4. The van der Waals surface area contributed by atoms with Gasteiger partial charge in [-0.1, -0.05) is 0 Å². The summed E-state index contributed by atoms with van der Waals surface area (Å²) in [6, 6.07) is 1.97. The number of pyridine rings is 1. The minimum Gasteiger partial charge on any atom is -0.481 e. The van der Waals surface area contributed by atoms with Gasteiger partial charge < -0.3 is 10.0 Å². The van der Waals surface area contributed by atoms with Gasteiger partial charge in [0.05, 0.1) is 16.6 Å². The number of aliphatic carboxylic acids is 1. The Balaban J connectivity index is 1.64. The van der Waals surface area contributed by atoms with Gasteiger partial charge in [0.2, 0.25) is 0 Å². The van der Waals surface area contributed by atoms with Crippen molar-refractivity contribution in [3.8, 4) is 0 Å². The van der Waals surface area contributed by atoms with Crippen LogP contribution in [0.1, 0.15) is 66.2 Å². The van der Waals surface area contributed by atoms with Crippen molar-refractivity contribution in [2.45, 2.75) is 51.4 Å². The molecule has 1 amide bonds. The normalized spacial score (nSPS) is 20.2. The molecule has 1 aliphatic heterocycles. The van der Waals surface area contributed by atoms with E-state index in [1.54, 1.807) is 4.68 Å². The van der Waals surface area contributed by atoms with E-state index in [0.29, 0.717) is 24.4 Å². The number of carbonyl (C=O) groups is 2. The molecule has 7 nitrogen and oxygen atoms in total. The minimum absolute atomic E-state index is 0.0282. The molecule has 2 fully saturated rings. The summed E-state index contributed by atoms with van der Waals surface area (Å²) in [6.45, 7) is 3.28. The molecule has 0 aromatic carbocycles. The molecule has 1 N–H and O–H groups in total. The van der Waals surface area contributed by atoms with Gasteiger partial charge in [0.25, 0.3) is 5.91 Å². The number of carboxylic acids is 1. The molecule has 2 aliphatic rings. The second-order valence-corrected chi connectivity index (χ2v) is 7.97. The Labute approximate surface area is 158 Å². The lowest BCUT2D eigenvalue weighted by Gasteiger charge is -2.33. The Bertz CT molecular complexity index is 900. The molecule has 0 bridgehead atoms. The zero-order valence-electron chi connectivity index (χ0n) is 15.9. The lowest BCUT2D eigenvalue weighted by Crippen LogP contribution is -2.40. The molecule has 2 aromatic rings. The number of aromatic nitrogens is 3. The van der Waals surface area contributed by atoms with Gasteiger partial charge in [-0.05, 0) is 51.0 Å².